The first kappa shape index (κ1) is 22.7. The zero-order valence-electron chi connectivity index (χ0n) is 19.0. The molecular formula is C27H29NO5. The van der Waals surface area contributed by atoms with Gasteiger partial charge in [-0.25, -0.2) is 4.79 Å². The van der Waals surface area contributed by atoms with Crippen LogP contribution in [0.2, 0.25) is 0 Å². The summed E-state index contributed by atoms with van der Waals surface area (Å²) in [7, 11) is 1.59. The summed E-state index contributed by atoms with van der Waals surface area (Å²) < 4.78 is 11.4. The van der Waals surface area contributed by atoms with Crippen LogP contribution in [0.25, 0.3) is 0 Å². The van der Waals surface area contributed by atoms with Crippen molar-refractivity contribution in [2.24, 2.45) is 5.92 Å². The lowest BCUT2D eigenvalue weighted by Gasteiger charge is -2.42. The first-order valence-corrected chi connectivity index (χ1v) is 11.3. The van der Waals surface area contributed by atoms with E-state index in [1.165, 1.54) is 4.90 Å². The summed E-state index contributed by atoms with van der Waals surface area (Å²) in [5.74, 6) is 6.71. The van der Waals surface area contributed by atoms with Crippen molar-refractivity contribution in [3.05, 3.63) is 65.2 Å². The third-order valence-electron chi connectivity index (χ3n) is 6.65. The lowest BCUT2D eigenvalue weighted by molar-refractivity contribution is -0.161. The van der Waals surface area contributed by atoms with Gasteiger partial charge in [0.1, 0.15) is 5.75 Å². The summed E-state index contributed by atoms with van der Waals surface area (Å²) >= 11 is 0. The summed E-state index contributed by atoms with van der Waals surface area (Å²) in [6, 6.07) is 15.0. The van der Waals surface area contributed by atoms with E-state index in [4.69, 9.17) is 9.47 Å². The topological polar surface area (TPSA) is 76.1 Å². The summed E-state index contributed by atoms with van der Waals surface area (Å²) in [6.07, 6.45) is 1.92. The number of esters is 1. The number of fused-ring (bicyclic) bond motifs is 1. The lowest BCUT2D eigenvalue weighted by atomic mass is 9.72. The summed E-state index contributed by atoms with van der Waals surface area (Å²) in [5.41, 5.74) is 1.75. The molecule has 0 unspecified atom stereocenters. The van der Waals surface area contributed by atoms with Crippen LogP contribution >= 0.6 is 0 Å². The average molecular weight is 448 g/mol. The zero-order chi connectivity index (χ0) is 23.4. The normalized spacial score (nSPS) is 23.8. The first-order valence-electron chi connectivity index (χ1n) is 11.3. The molecule has 2 fully saturated rings. The number of methoxy groups -OCH3 is 1. The number of rotatable bonds is 4. The Morgan fingerprint density at radius 3 is 2.76 bits per heavy atom. The van der Waals surface area contributed by atoms with Crippen LogP contribution in [0.4, 0.5) is 4.79 Å². The van der Waals surface area contributed by atoms with Crippen LogP contribution in [-0.2, 0) is 16.0 Å². The number of ether oxygens (including phenoxy) is 2. The maximum absolute atomic E-state index is 13.1. The fourth-order valence-corrected chi connectivity index (χ4v) is 5.15. The Hall–Kier alpha value is -3.46. The van der Waals surface area contributed by atoms with Crippen molar-refractivity contribution >= 4 is 12.1 Å². The zero-order valence-corrected chi connectivity index (χ0v) is 19.0. The van der Waals surface area contributed by atoms with E-state index < -0.39 is 11.7 Å². The molecule has 1 aliphatic carbocycles. The molecule has 172 valence electrons. The third kappa shape index (κ3) is 4.98. The molecule has 2 aromatic carbocycles. The smallest absolute Gasteiger partial charge is 0.407 e. The number of carboxylic acid groups (broad SMARTS) is 1. The highest BCUT2D eigenvalue weighted by Gasteiger charge is 2.53. The van der Waals surface area contributed by atoms with Gasteiger partial charge in [-0.1, -0.05) is 30.2 Å². The molecule has 6 nitrogen and oxygen atoms in total. The Labute approximate surface area is 194 Å². The van der Waals surface area contributed by atoms with E-state index in [0.29, 0.717) is 25.1 Å². The van der Waals surface area contributed by atoms with Gasteiger partial charge >= 0.3 is 12.1 Å². The number of hydrogen-bond donors (Lipinski definition) is 1. The van der Waals surface area contributed by atoms with Crippen LogP contribution in [0.5, 0.6) is 5.75 Å². The largest absolute Gasteiger partial charge is 0.497 e. The molecule has 0 bridgehead atoms. The Morgan fingerprint density at radius 2 is 2.00 bits per heavy atom. The number of likely N-dealkylation sites (tertiary alicyclic amines) is 1. The molecule has 1 saturated carbocycles. The predicted molar refractivity (Wildman–Crippen MR) is 124 cm³/mol. The van der Waals surface area contributed by atoms with Crippen molar-refractivity contribution in [1.29, 1.82) is 0 Å². The van der Waals surface area contributed by atoms with Crippen LogP contribution in [0.3, 0.4) is 0 Å². The fraction of sp³-hybridized carbons (Fsp3) is 0.407. The first-order chi connectivity index (χ1) is 15.9. The van der Waals surface area contributed by atoms with E-state index in [1.54, 1.807) is 7.11 Å². The molecular weight excluding hydrogens is 418 g/mol. The Morgan fingerprint density at radius 1 is 1.18 bits per heavy atom. The summed E-state index contributed by atoms with van der Waals surface area (Å²) in [6.45, 7) is 2.44. The van der Waals surface area contributed by atoms with Crippen molar-refractivity contribution in [3.8, 4) is 17.6 Å². The quantitative estimate of drug-likeness (QED) is 0.554. The molecule has 1 heterocycles. The van der Waals surface area contributed by atoms with Gasteiger partial charge in [-0.3, -0.25) is 4.79 Å². The molecule has 3 atom stereocenters. The molecule has 1 amide bonds. The summed E-state index contributed by atoms with van der Waals surface area (Å²) in [5, 5.41) is 9.66. The molecule has 1 saturated heterocycles. The van der Waals surface area contributed by atoms with E-state index in [9.17, 15) is 14.7 Å². The van der Waals surface area contributed by atoms with E-state index in [0.717, 1.165) is 29.5 Å². The monoisotopic (exact) mass is 447 g/mol. The lowest BCUT2D eigenvalue weighted by Crippen LogP contribution is -2.51. The van der Waals surface area contributed by atoms with Gasteiger partial charge in [-0.05, 0) is 73.9 Å². The molecule has 33 heavy (non-hydrogen) atoms. The number of nitrogens with zero attached hydrogens (tertiary/aromatic N) is 1. The van der Waals surface area contributed by atoms with Crippen LogP contribution in [0, 0.1) is 24.7 Å². The van der Waals surface area contributed by atoms with Gasteiger partial charge in [-0.15, -0.1) is 0 Å². The highest BCUT2D eigenvalue weighted by Crippen LogP contribution is 2.45. The van der Waals surface area contributed by atoms with Gasteiger partial charge in [0.05, 0.1) is 13.5 Å². The van der Waals surface area contributed by atoms with Crippen molar-refractivity contribution in [2.75, 3.05) is 13.7 Å². The van der Waals surface area contributed by atoms with E-state index in [-0.39, 0.29) is 24.3 Å². The number of benzene rings is 2. The van der Waals surface area contributed by atoms with Crippen LogP contribution in [0.1, 0.15) is 42.4 Å². The second-order valence-corrected chi connectivity index (χ2v) is 8.84. The van der Waals surface area contributed by atoms with Crippen molar-refractivity contribution in [1.82, 2.24) is 4.90 Å². The minimum absolute atomic E-state index is 0.102. The second-order valence-electron chi connectivity index (χ2n) is 8.84. The maximum Gasteiger partial charge on any atom is 0.407 e. The molecule has 2 aliphatic rings. The van der Waals surface area contributed by atoms with Crippen molar-refractivity contribution in [2.45, 2.75) is 50.7 Å². The third-order valence-corrected chi connectivity index (χ3v) is 6.65. The van der Waals surface area contributed by atoms with Gasteiger partial charge in [0.15, 0.2) is 5.60 Å². The van der Waals surface area contributed by atoms with E-state index in [1.807, 2.05) is 55.5 Å². The average Bonchev–Trinajstić information content (AvgIpc) is 3.24. The molecule has 0 spiro atoms. The molecule has 2 aromatic rings. The molecule has 4 rings (SSSR count). The number of hydrogen-bond acceptors (Lipinski definition) is 4. The Balaban J connectivity index is 1.64. The molecule has 1 N–H and O–H groups in total. The van der Waals surface area contributed by atoms with Gasteiger partial charge < -0.3 is 19.5 Å². The summed E-state index contributed by atoms with van der Waals surface area (Å²) in [4.78, 5) is 26.4. The second kappa shape index (κ2) is 9.58. The molecule has 0 radical (unpaired) electrons. The highest BCUT2D eigenvalue weighted by atomic mass is 16.6. The predicted octanol–water partition coefficient (Wildman–Crippen LogP) is 4.43. The van der Waals surface area contributed by atoms with E-state index in [2.05, 4.69) is 11.8 Å². The van der Waals surface area contributed by atoms with Gasteiger partial charge in [0.25, 0.3) is 0 Å². The SMILES string of the molecule is COc1cccc(CC(=O)O[C@@]2(C#Cc3cccc(C)c3)CCC[C@@H]3[C@H]2CCN3C(=O)O)c1. The van der Waals surface area contributed by atoms with Crippen molar-refractivity contribution < 1.29 is 24.2 Å². The van der Waals surface area contributed by atoms with E-state index >= 15 is 0 Å². The highest BCUT2D eigenvalue weighted by molar-refractivity contribution is 5.74. The minimum atomic E-state index is -1.01. The van der Waals surface area contributed by atoms with Gasteiger partial charge in [0.2, 0.25) is 0 Å². The van der Waals surface area contributed by atoms with Crippen molar-refractivity contribution in [3.63, 3.8) is 0 Å². The van der Waals surface area contributed by atoms with Gasteiger partial charge in [0, 0.05) is 24.1 Å². The number of carbonyl (C=O) groups is 2. The van der Waals surface area contributed by atoms with Gasteiger partial charge in [-0.2, -0.15) is 0 Å². The Kier molecular flexibility index (Phi) is 6.60. The van der Waals surface area contributed by atoms with Crippen LogP contribution < -0.4 is 4.74 Å². The van der Waals surface area contributed by atoms with Crippen LogP contribution in [0.15, 0.2) is 48.5 Å². The number of aryl methyl sites for hydroxylation is 1. The minimum Gasteiger partial charge on any atom is -0.497 e. The maximum atomic E-state index is 13.1. The van der Waals surface area contributed by atoms with Crippen LogP contribution in [-0.4, -0.2) is 47.4 Å². The number of carbonyl (C=O) groups excluding carboxylic acids is 1. The molecule has 6 heteroatoms. The molecule has 1 aliphatic heterocycles. The standard InChI is InChI=1S/C27H29NO5/c1-19-6-3-7-20(16-19)11-14-27(13-5-10-24-23(27)12-15-28(24)26(30)31)33-25(29)18-21-8-4-9-22(17-21)32-2/h3-4,6-9,16-17,23-24H,5,10,12-13,15,18H2,1-2H3,(H,30,31)/t23-,24-,27-/m1/s1. The Bertz CT molecular complexity index is 1100. The fourth-order valence-electron chi connectivity index (χ4n) is 5.15. The molecule has 0 aromatic heterocycles. The number of amides is 1.